The van der Waals surface area contributed by atoms with Crippen molar-refractivity contribution >= 4 is 40.5 Å². The first-order valence-electron chi connectivity index (χ1n) is 8.21. The molecule has 0 aliphatic heterocycles. The van der Waals surface area contributed by atoms with Gasteiger partial charge in [-0.15, -0.1) is 0 Å². The smallest absolute Gasteiger partial charge is 0.337 e. The summed E-state index contributed by atoms with van der Waals surface area (Å²) in [5.74, 6) is -0.599. The van der Waals surface area contributed by atoms with Gasteiger partial charge in [0, 0.05) is 0 Å². The van der Waals surface area contributed by atoms with Crippen LogP contribution in [0.1, 0.15) is 21.5 Å². The molecule has 0 aromatic heterocycles. The predicted octanol–water partition coefficient (Wildman–Crippen LogP) is 6.32. The molecule has 3 aromatic carbocycles. The van der Waals surface area contributed by atoms with Gasteiger partial charge in [0.15, 0.2) is 0 Å². The summed E-state index contributed by atoms with van der Waals surface area (Å²) in [6, 6.07) is 18.0. The number of nitrogens with one attached hydrogen (secondary N) is 1. The number of carbonyl (C=O) groups is 1. The van der Waals surface area contributed by atoms with E-state index in [0.29, 0.717) is 39.3 Å². The van der Waals surface area contributed by atoms with Gasteiger partial charge in [0.25, 0.3) is 0 Å². The molecule has 0 atom stereocenters. The van der Waals surface area contributed by atoms with E-state index >= 15 is 0 Å². The lowest BCUT2D eigenvalue weighted by Gasteiger charge is -2.17. The van der Waals surface area contributed by atoms with Gasteiger partial charge >= 0.3 is 5.97 Å². The zero-order valence-corrected chi connectivity index (χ0v) is 16.0. The molecule has 0 aliphatic rings. The van der Waals surface area contributed by atoms with Gasteiger partial charge < -0.3 is 15.2 Å². The molecule has 0 aliphatic carbocycles. The third kappa shape index (κ3) is 4.54. The van der Waals surface area contributed by atoms with Crippen LogP contribution < -0.4 is 10.1 Å². The maximum Gasteiger partial charge on any atom is 0.337 e. The Morgan fingerprint density at radius 3 is 2.30 bits per heavy atom. The van der Waals surface area contributed by atoms with Crippen molar-refractivity contribution in [2.45, 2.75) is 13.5 Å². The molecule has 6 heteroatoms. The van der Waals surface area contributed by atoms with E-state index in [1.165, 1.54) is 6.07 Å². The van der Waals surface area contributed by atoms with E-state index in [-0.39, 0.29) is 5.56 Å². The molecule has 0 bridgehead atoms. The van der Waals surface area contributed by atoms with Crippen LogP contribution in [0.25, 0.3) is 0 Å². The summed E-state index contributed by atoms with van der Waals surface area (Å²) in [7, 11) is 0. The van der Waals surface area contributed by atoms with Crippen LogP contribution in [0.15, 0.2) is 60.7 Å². The number of halogens is 2. The summed E-state index contributed by atoms with van der Waals surface area (Å²) >= 11 is 12.4. The van der Waals surface area contributed by atoms with Gasteiger partial charge in [0.1, 0.15) is 12.4 Å². The number of anilines is 2. The predicted molar refractivity (Wildman–Crippen MR) is 109 cm³/mol. The van der Waals surface area contributed by atoms with E-state index in [0.717, 1.165) is 5.56 Å². The zero-order chi connectivity index (χ0) is 19.4. The minimum absolute atomic E-state index is 0.0778. The molecule has 138 valence electrons. The standard InChI is InChI=1S/C21H17Cl2NO3/c1-13-10-15(27-12-14-6-3-2-4-7-14)11-16(21(25)26)19(13)24-20-17(22)8-5-9-18(20)23/h2-11,24H,12H2,1H3,(H,25,26). The number of rotatable bonds is 6. The van der Waals surface area contributed by atoms with Crippen molar-refractivity contribution in [2.24, 2.45) is 0 Å². The normalized spacial score (nSPS) is 10.5. The number of aryl methyl sites for hydroxylation is 1. The number of hydrogen-bond donors (Lipinski definition) is 2. The Bertz CT molecular complexity index is 954. The second-order valence-electron chi connectivity index (χ2n) is 5.96. The van der Waals surface area contributed by atoms with Crippen LogP contribution in [0.2, 0.25) is 10.0 Å². The average molecular weight is 402 g/mol. The number of hydrogen-bond acceptors (Lipinski definition) is 3. The summed E-state index contributed by atoms with van der Waals surface area (Å²) < 4.78 is 5.77. The van der Waals surface area contributed by atoms with Gasteiger partial charge in [0.2, 0.25) is 0 Å². The van der Waals surface area contributed by atoms with Crippen molar-refractivity contribution in [1.29, 1.82) is 0 Å². The summed E-state index contributed by atoms with van der Waals surface area (Å²) in [4.78, 5) is 11.8. The van der Waals surface area contributed by atoms with Crippen LogP contribution >= 0.6 is 23.2 Å². The summed E-state index contributed by atoms with van der Waals surface area (Å²) in [6.45, 7) is 2.15. The van der Waals surface area contributed by atoms with Crippen LogP contribution in [0.5, 0.6) is 5.75 Å². The van der Waals surface area contributed by atoms with E-state index < -0.39 is 5.97 Å². The first-order chi connectivity index (χ1) is 13.0. The Kier molecular flexibility index (Phi) is 5.89. The van der Waals surface area contributed by atoms with Gasteiger partial charge in [-0.3, -0.25) is 0 Å². The van der Waals surface area contributed by atoms with E-state index in [1.54, 1.807) is 31.2 Å². The maximum atomic E-state index is 11.8. The third-order valence-electron chi connectivity index (χ3n) is 4.00. The van der Waals surface area contributed by atoms with E-state index in [2.05, 4.69) is 5.32 Å². The lowest BCUT2D eigenvalue weighted by Crippen LogP contribution is -2.07. The quantitative estimate of drug-likeness (QED) is 0.506. The number of carboxylic acids is 1. The molecular formula is C21H17Cl2NO3. The molecule has 0 saturated carbocycles. The fourth-order valence-corrected chi connectivity index (χ4v) is 3.15. The molecule has 3 aromatic rings. The van der Waals surface area contributed by atoms with Crippen LogP contribution in [-0.2, 0) is 6.61 Å². The van der Waals surface area contributed by atoms with Gasteiger partial charge in [-0.05, 0) is 42.3 Å². The zero-order valence-electron chi connectivity index (χ0n) is 14.5. The fraction of sp³-hybridized carbons (Fsp3) is 0.0952. The van der Waals surface area contributed by atoms with Crippen molar-refractivity contribution in [3.05, 3.63) is 87.4 Å². The highest BCUT2D eigenvalue weighted by Gasteiger charge is 2.17. The van der Waals surface area contributed by atoms with E-state index in [9.17, 15) is 9.90 Å². The SMILES string of the molecule is Cc1cc(OCc2ccccc2)cc(C(=O)O)c1Nc1c(Cl)cccc1Cl. The number of benzene rings is 3. The summed E-state index contributed by atoms with van der Waals surface area (Å²) in [6.07, 6.45) is 0. The molecule has 3 rings (SSSR count). The Morgan fingerprint density at radius 1 is 1.00 bits per heavy atom. The maximum absolute atomic E-state index is 11.8. The molecule has 0 fully saturated rings. The van der Waals surface area contributed by atoms with Crippen molar-refractivity contribution in [1.82, 2.24) is 0 Å². The minimum Gasteiger partial charge on any atom is -0.489 e. The monoisotopic (exact) mass is 401 g/mol. The summed E-state index contributed by atoms with van der Waals surface area (Å²) in [5.41, 5.74) is 2.66. The Hall–Kier alpha value is -2.69. The van der Waals surface area contributed by atoms with Gasteiger partial charge in [-0.25, -0.2) is 4.79 Å². The number of para-hydroxylation sites is 1. The van der Waals surface area contributed by atoms with E-state index in [4.69, 9.17) is 27.9 Å². The molecule has 4 nitrogen and oxygen atoms in total. The summed E-state index contributed by atoms with van der Waals surface area (Å²) in [5, 5.41) is 13.5. The molecule has 0 amide bonds. The highest BCUT2D eigenvalue weighted by Crippen LogP contribution is 2.36. The largest absolute Gasteiger partial charge is 0.489 e. The first-order valence-corrected chi connectivity index (χ1v) is 8.97. The highest BCUT2D eigenvalue weighted by molar-refractivity contribution is 6.39. The average Bonchev–Trinajstić information content (AvgIpc) is 2.65. The molecular weight excluding hydrogens is 385 g/mol. The minimum atomic E-state index is -1.08. The molecule has 0 radical (unpaired) electrons. The van der Waals surface area contributed by atoms with Gasteiger partial charge in [0.05, 0.1) is 27.0 Å². The van der Waals surface area contributed by atoms with Gasteiger partial charge in [-0.1, -0.05) is 59.6 Å². The van der Waals surface area contributed by atoms with Crippen LogP contribution in [0, 0.1) is 6.92 Å². The number of aromatic carboxylic acids is 1. The van der Waals surface area contributed by atoms with Crippen molar-refractivity contribution < 1.29 is 14.6 Å². The first kappa shape index (κ1) is 19.1. The molecule has 0 unspecified atom stereocenters. The Labute approximate surface area is 167 Å². The second kappa shape index (κ2) is 8.33. The van der Waals surface area contributed by atoms with Crippen molar-refractivity contribution in [2.75, 3.05) is 5.32 Å². The molecule has 27 heavy (non-hydrogen) atoms. The van der Waals surface area contributed by atoms with Crippen LogP contribution in [0.4, 0.5) is 11.4 Å². The van der Waals surface area contributed by atoms with Crippen molar-refractivity contribution in [3.8, 4) is 5.75 Å². The van der Waals surface area contributed by atoms with E-state index in [1.807, 2.05) is 30.3 Å². The highest BCUT2D eigenvalue weighted by atomic mass is 35.5. The van der Waals surface area contributed by atoms with Gasteiger partial charge in [-0.2, -0.15) is 0 Å². The molecule has 0 heterocycles. The van der Waals surface area contributed by atoms with Crippen LogP contribution in [-0.4, -0.2) is 11.1 Å². The lowest BCUT2D eigenvalue weighted by atomic mass is 10.1. The Balaban J connectivity index is 1.92. The number of carboxylic acid groups (broad SMARTS) is 1. The number of ether oxygens (including phenoxy) is 1. The second-order valence-corrected chi connectivity index (χ2v) is 6.78. The molecule has 2 N–H and O–H groups in total. The topological polar surface area (TPSA) is 58.6 Å². The molecule has 0 saturated heterocycles. The van der Waals surface area contributed by atoms with Crippen LogP contribution in [0.3, 0.4) is 0 Å². The third-order valence-corrected chi connectivity index (χ3v) is 4.63. The van der Waals surface area contributed by atoms with Crippen molar-refractivity contribution in [3.63, 3.8) is 0 Å². The fourth-order valence-electron chi connectivity index (χ4n) is 2.66. The Morgan fingerprint density at radius 2 is 1.67 bits per heavy atom. The lowest BCUT2D eigenvalue weighted by molar-refractivity contribution is 0.0697. The molecule has 0 spiro atoms.